The molecule has 0 aliphatic heterocycles. The Labute approximate surface area is 104 Å². The smallest absolute Gasteiger partial charge is 0.319 e. The van der Waals surface area contributed by atoms with Crippen LogP contribution in [0.1, 0.15) is 5.76 Å². The highest BCUT2D eigenvalue weighted by molar-refractivity contribution is 7.80. The minimum absolute atomic E-state index is 0.289. The summed E-state index contributed by atoms with van der Waals surface area (Å²) in [4.78, 5) is 12.3. The molecule has 5 heteroatoms. The molecule has 2 N–H and O–H groups in total. The number of urea groups is 1. The van der Waals surface area contributed by atoms with Crippen molar-refractivity contribution in [2.24, 2.45) is 0 Å². The summed E-state index contributed by atoms with van der Waals surface area (Å²) in [6.45, 7) is 0.355. The molecule has 2 rings (SSSR count). The third-order valence-electron chi connectivity index (χ3n) is 2.16. The zero-order valence-corrected chi connectivity index (χ0v) is 9.91. The number of rotatable bonds is 3. The standard InChI is InChI=1S/C12H12N2O2S/c15-12(13-8-9-4-3-7-16-9)14-10-5-1-2-6-11(10)17/h1-7,17H,8H2,(H2,13,14,15). The molecule has 88 valence electrons. The van der Waals surface area contributed by atoms with Crippen molar-refractivity contribution in [2.75, 3.05) is 5.32 Å². The lowest BCUT2D eigenvalue weighted by Crippen LogP contribution is -2.28. The van der Waals surface area contributed by atoms with Crippen molar-refractivity contribution in [3.8, 4) is 0 Å². The number of amides is 2. The van der Waals surface area contributed by atoms with E-state index in [0.29, 0.717) is 18.0 Å². The normalized spacial score (nSPS) is 9.94. The molecule has 1 aromatic heterocycles. The molecule has 0 saturated carbocycles. The topological polar surface area (TPSA) is 54.3 Å². The summed E-state index contributed by atoms with van der Waals surface area (Å²) in [6, 6.07) is 10.6. The van der Waals surface area contributed by atoms with Crippen LogP contribution in [0.3, 0.4) is 0 Å². The Bertz CT molecular complexity index is 497. The first-order chi connectivity index (χ1) is 8.25. The minimum Gasteiger partial charge on any atom is -0.467 e. The molecule has 0 spiro atoms. The fourth-order valence-corrected chi connectivity index (χ4v) is 1.54. The Morgan fingerprint density at radius 2 is 2.06 bits per heavy atom. The quantitative estimate of drug-likeness (QED) is 0.731. The third-order valence-corrected chi connectivity index (χ3v) is 2.55. The third kappa shape index (κ3) is 3.29. The maximum absolute atomic E-state index is 11.6. The van der Waals surface area contributed by atoms with E-state index in [-0.39, 0.29) is 6.03 Å². The van der Waals surface area contributed by atoms with Gasteiger partial charge in [-0.3, -0.25) is 0 Å². The number of para-hydroxylation sites is 1. The molecule has 0 fully saturated rings. The van der Waals surface area contributed by atoms with Gasteiger partial charge < -0.3 is 15.1 Å². The average Bonchev–Trinajstić information content (AvgIpc) is 2.82. The molecule has 0 saturated heterocycles. The summed E-state index contributed by atoms with van der Waals surface area (Å²) in [5.41, 5.74) is 0.674. The maximum atomic E-state index is 11.6. The fraction of sp³-hybridized carbons (Fsp3) is 0.0833. The molecule has 0 radical (unpaired) electrons. The summed E-state index contributed by atoms with van der Waals surface area (Å²) >= 11 is 4.24. The van der Waals surface area contributed by atoms with Crippen LogP contribution in [0.15, 0.2) is 52.0 Å². The van der Waals surface area contributed by atoms with Gasteiger partial charge in [0.2, 0.25) is 0 Å². The molecular weight excluding hydrogens is 236 g/mol. The summed E-state index contributed by atoms with van der Waals surface area (Å²) in [5, 5.41) is 5.39. The van der Waals surface area contributed by atoms with Crippen LogP contribution in [0.4, 0.5) is 10.5 Å². The van der Waals surface area contributed by atoms with E-state index < -0.39 is 0 Å². The fourth-order valence-electron chi connectivity index (χ4n) is 1.33. The Kier molecular flexibility index (Phi) is 3.72. The van der Waals surface area contributed by atoms with Crippen molar-refractivity contribution in [2.45, 2.75) is 11.4 Å². The van der Waals surface area contributed by atoms with Gasteiger partial charge in [-0.2, -0.15) is 0 Å². The zero-order valence-electron chi connectivity index (χ0n) is 9.01. The first kappa shape index (κ1) is 11.6. The lowest BCUT2D eigenvalue weighted by Gasteiger charge is -2.08. The number of benzene rings is 1. The first-order valence-corrected chi connectivity index (χ1v) is 5.55. The van der Waals surface area contributed by atoms with Gasteiger partial charge in [-0.25, -0.2) is 4.79 Å². The van der Waals surface area contributed by atoms with E-state index in [4.69, 9.17) is 4.42 Å². The summed E-state index contributed by atoms with van der Waals surface area (Å²) in [7, 11) is 0. The second kappa shape index (κ2) is 5.45. The molecule has 0 aliphatic rings. The molecule has 17 heavy (non-hydrogen) atoms. The summed E-state index contributed by atoms with van der Waals surface area (Å²) in [6.07, 6.45) is 1.57. The van der Waals surface area contributed by atoms with Gasteiger partial charge in [0, 0.05) is 4.90 Å². The maximum Gasteiger partial charge on any atom is 0.319 e. The van der Waals surface area contributed by atoms with Crippen molar-refractivity contribution in [1.29, 1.82) is 0 Å². The van der Waals surface area contributed by atoms with Crippen LogP contribution in [-0.2, 0) is 6.54 Å². The van der Waals surface area contributed by atoms with Gasteiger partial charge in [0.15, 0.2) is 0 Å². The number of thiol groups is 1. The van der Waals surface area contributed by atoms with Crippen LogP contribution >= 0.6 is 12.6 Å². The number of anilines is 1. The van der Waals surface area contributed by atoms with E-state index in [1.54, 1.807) is 24.5 Å². The molecule has 0 bridgehead atoms. The molecular formula is C12H12N2O2S. The van der Waals surface area contributed by atoms with Gasteiger partial charge in [0.1, 0.15) is 5.76 Å². The second-order valence-electron chi connectivity index (χ2n) is 3.40. The average molecular weight is 248 g/mol. The molecule has 2 amide bonds. The van der Waals surface area contributed by atoms with Crippen LogP contribution in [0.25, 0.3) is 0 Å². The molecule has 0 unspecified atom stereocenters. The van der Waals surface area contributed by atoms with Crippen molar-refractivity contribution in [3.05, 3.63) is 48.4 Å². The van der Waals surface area contributed by atoms with Gasteiger partial charge >= 0.3 is 6.03 Å². The van der Waals surface area contributed by atoms with E-state index in [1.807, 2.05) is 18.2 Å². The van der Waals surface area contributed by atoms with Gasteiger partial charge in [-0.15, -0.1) is 12.6 Å². The van der Waals surface area contributed by atoms with E-state index in [1.165, 1.54) is 0 Å². The second-order valence-corrected chi connectivity index (χ2v) is 3.89. The summed E-state index contributed by atoms with van der Waals surface area (Å²) < 4.78 is 5.10. The SMILES string of the molecule is O=C(NCc1ccco1)Nc1ccccc1S. The zero-order chi connectivity index (χ0) is 12.1. The Morgan fingerprint density at radius 1 is 1.24 bits per heavy atom. The largest absolute Gasteiger partial charge is 0.467 e. The predicted molar refractivity (Wildman–Crippen MR) is 68.3 cm³/mol. The highest BCUT2D eigenvalue weighted by atomic mass is 32.1. The molecule has 2 aromatic rings. The Hall–Kier alpha value is -1.88. The van der Waals surface area contributed by atoms with Gasteiger partial charge in [-0.1, -0.05) is 12.1 Å². The summed E-state index contributed by atoms with van der Waals surface area (Å²) in [5.74, 6) is 0.708. The predicted octanol–water partition coefficient (Wildman–Crippen LogP) is 2.89. The monoisotopic (exact) mass is 248 g/mol. The minimum atomic E-state index is -0.289. The van der Waals surface area contributed by atoms with Gasteiger partial charge in [0.25, 0.3) is 0 Å². The molecule has 4 nitrogen and oxygen atoms in total. The van der Waals surface area contributed by atoms with E-state index in [0.717, 1.165) is 4.90 Å². The van der Waals surface area contributed by atoms with Crippen molar-refractivity contribution < 1.29 is 9.21 Å². The Morgan fingerprint density at radius 3 is 2.76 bits per heavy atom. The van der Waals surface area contributed by atoms with Crippen LogP contribution in [0.2, 0.25) is 0 Å². The molecule has 0 aliphatic carbocycles. The van der Waals surface area contributed by atoms with Crippen molar-refractivity contribution >= 4 is 24.3 Å². The van der Waals surface area contributed by atoms with E-state index >= 15 is 0 Å². The highest BCUT2D eigenvalue weighted by Crippen LogP contribution is 2.18. The number of carbonyl (C=O) groups excluding carboxylic acids is 1. The van der Waals surface area contributed by atoms with Gasteiger partial charge in [0.05, 0.1) is 18.5 Å². The number of furan rings is 1. The highest BCUT2D eigenvalue weighted by Gasteiger charge is 2.04. The van der Waals surface area contributed by atoms with Crippen LogP contribution in [0, 0.1) is 0 Å². The lowest BCUT2D eigenvalue weighted by molar-refractivity contribution is 0.251. The number of hydrogen-bond donors (Lipinski definition) is 3. The van der Waals surface area contributed by atoms with E-state index in [2.05, 4.69) is 23.3 Å². The van der Waals surface area contributed by atoms with Crippen molar-refractivity contribution in [1.82, 2.24) is 5.32 Å². The first-order valence-electron chi connectivity index (χ1n) is 5.11. The lowest BCUT2D eigenvalue weighted by atomic mass is 10.3. The van der Waals surface area contributed by atoms with Crippen LogP contribution < -0.4 is 10.6 Å². The van der Waals surface area contributed by atoms with Crippen LogP contribution in [-0.4, -0.2) is 6.03 Å². The number of nitrogens with one attached hydrogen (secondary N) is 2. The van der Waals surface area contributed by atoms with Gasteiger partial charge in [-0.05, 0) is 24.3 Å². The Balaban J connectivity index is 1.87. The molecule has 1 heterocycles. The van der Waals surface area contributed by atoms with E-state index in [9.17, 15) is 4.79 Å². The van der Waals surface area contributed by atoms with Crippen LogP contribution in [0.5, 0.6) is 0 Å². The number of hydrogen-bond acceptors (Lipinski definition) is 3. The number of carbonyl (C=O) groups is 1. The molecule has 1 aromatic carbocycles. The molecule has 0 atom stereocenters. The van der Waals surface area contributed by atoms with Crippen molar-refractivity contribution in [3.63, 3.8) is 0 Å².